The molecule has 5 heteroatoms. The molecule has 1 amide bonds. The van der Waals surface area contributed by atoms with Gasteiger partial charge in [-0.1, -0.05) is 6.92 Å². The summed E-state index contributed by atoms with van der Waals surface area (Å²) < 4.78 is 0. The van der Waals surface area contributed by atoms with E-state index in [1.165, 1.54) is 0 Å². The first-order chi connectivity index (χ1) is 9.01. The molecule has 3 rings (SSSR count). The van der Waals surface area contributed by atoms with E-state index in [2.05, 4.69) is 17.2 Å². The minimum absolute atomic E-state index is 0.0233. The summed E-state index contributed by atoms with van der Waals surface area (Å²) in [5.41, 5.74) is 1.91. The average molecular weight is 260 g/mol. The maximum absolute atomic E-state index is 11.8. The van der Waals surface area contributed by atoms with Crippen LogP contribution in [0.3, 0.4) is 0 Å². The molecule has 5 nitrogen and oxygen atoms in total. The van der Waals surface area contributed by atoms with Gasteiger partial charge in [0.1, 0.15) is 11.6 Å². The van der Waals surface area contributed by atoms with Gasteiger partial charge in [-0.15, -0.1) is 0 Å². The second-order valence-electron chi connectivity index (χ2n) is 5.91. The number of hydrogen-bond acceptors (Lipinski definition) is 4. The number of nitrogens with one attached hydrogen (secondary N) is 1. The van der Waals surface area contributed by atoms with Gasteiger partial charge in [-0.2, -0.15) is 0 Å². The van der Waals surface area contributed by atoms with E-state index in [-0.39, 0.29) is 11.3 Å². The summed E-state index contributed by atoms with van der Waals surface area (Å²) in [5.74, 6) is 1.79. The SMILES string of the molecule is Cc1nc([C@@]2(C)CCCNC2)nc2c1CC(=O)N2C. The van der Waals surface area contributed by atoms with E-state index >= 15 is 0 Å². The smallest absolute Gasteiger partial charge is 0.232 e. The van der Waals surface area contributed by atoms with Crippen LogP contribution >= 0.6 is 0 Å². The van der Waals surface area contributed by atoms with E-state index in [0.717, 1.165) is 48.8 Å². The monoisotopic (exact) mass is 260 g/mol. The van der Waals surface area contributed by atoms with Crippen molar-refractivity contribution in [2.24, 2.45) is 0 Å². The van der Waals surface area contributed by atoms with Crippen molar-refractivity contribution >= 4 is 11.7 Å². The van der Waals surface area contributed by atoms with Crippen LogP contribution in [-0.2, 0) is 16.6 Å². The minimum atomic E-state index is -0.0233. The maximum Gasteiger partial charge on any atom is 0.232 e. The molecule has 2 aliphatic rings. The zero-order valence-corrected chi connectivity index (χ0v) is 11.8. The fourth-order valence-corrected chi connectivity index (χ4v) is 2.97. The van der Waals surface area contributed by atoms with Gasteiger partial charge in [-0.25, -0.2) is 9.97 Å². The van der Waals surface area contributed by atoms with Crippen molar-refractivity contribution in [1.29, 1.82) is 0 Å². The number of aromatic nitrogens is 2. The lowest BCUT2D eigenvalue weighted by atomic mass is 9.82. The molecule has 1 atom stereocenters. The van der Waals surface area contributed by atoms with Crippen molar-refractivity contribution in [3.63, 3.8) is 0 Å². The average Bonchev–Trinajstić information content (AvgIpc) is 2.68. The molecule has 0 aromatic carbocycles. The summed E-state index contributed by atoms with van der Waals surface area (Å²) in [7, 11) is 1.80. The van der Waals surface area contributed by atoms with Crippen molar-refractivity contribution in [2.45, 2.75) is 38.5 Å². The fourth-order valence-electron chi connectivity index (χ4n) is 2.97. The Morgan fingerprint density at radius 2 is 2.16 bits per heavy atom. The minimum Gasteiger partial charge on any atom is -0.316 e. The van der Waals surface area contributed by atoms with E-state index in [0.29, 0.717) is 6.42 Å². The van der Waals surface area contributed by atoms with Crippen molar-refractivity contribution in [3.8, 4) is 0 Å². The zero-order chi connectivity index (χ0) is 13.6. The number of aryl methyl sites for hydroxylation is 1. The van der Waals surface area contributed by atoms with Crippen LogP contribution in [-0.4, -0.2) is 36.0 Å². The summed E-state index contributed by atoms with van der Waals surface area (Å²) in [5, 5.41) is 3.42. The third kappa shape index (κ3) is 1.92. The number of piperidine rings is 1. The molecule has 1 saturated heterocycles. The summed E-state index contributed by atoms with van der Waals surface area (Å²) in [6.45, 7) is 6.16. The quantitative estimate of drug-likeness (QED) is 0.816. The molecule has 0 aliphatic carbocycles. The highest BCUT2D eigenvalue weighted by Crippen LogP contribution is 2.33. The second kappa shape index (κ2) is 4.27. The van der Waals surface area contributed by atoms with Gasteiger partial charge in [0, 0.05) is 30.3 Å². The predicted octanol–water partition coefficient (Wildman–Crippen LogP) is 0.945. The molecular formula is C14H20N4O. The molecule has 0 spiro atoms. The molecule has 3 heterocycles. The topological polar surface area (TPSA) is 58.1 Å². The molecule has 0 unspecified atom stereocenters. The standard InChI is InChI=1S/C14H20N4O/c1-9-10-7-11(19)18(3)12(10)17-13(16-9)14(2)5-4-6-15-8-14/h15H,4-8H2,1-3H3/t14-/m0/s1. The van der Waals surface area contributed by atoms with E-state index in [9.17, 15) is 4.79 Å². The lowest BCUT2D eigenvalue weighted by Crippen LogP contribution is -2.42. The van der Waals surface area contributed by atoms with Crippen molar-refractivity contribution in [1.82, 2.24) is 15.3 Å². The molecular weight excluding hydrogens is 240 g/mol. The highest BCUT2D eigenvalue weighted by molar-refractivity contribution is 5.99. The molecule has 1 fully saturated rings. The Bertz CT molecular complexity index is 534. The number of carbonyl (C=O) groups excluding carboxylic acids is 1. The number of rotatable bonds is 1. The lowest BCUT2D eigenvalue weighted by Gasteiger charge is -2.33. The first kappa shape index (κ1) is 12.5. The fraction of sp³-hybridized carbons (Fsp3) is 0.643. The number of fused-ring (bicyclic) bond motifs is 1. The number of nitrogens with zero attached hydrogens (tertiary/aromatic N) is 3. The second-order valence-corrected chi connectivity index (χ2v) is 5.91. The molecule has 0 saturated carbocycles. The summed E-state index contributed by atoms with van der Waals surface area (Å²) in [4.78, 5) is 22.8. The zero-order valence-electron chi connectivity index (χ0n) is 11.8. The van der Waals surface area contributed by atoms with Gasteiger partial charge in [-0.3, -0.25) is 9.69 Å². The van der Waals surface area contributed by atoms with Crippen LogP contribution in [0.1, 0.15) is 36.8 Å². The van der Waals surface area contributed by atoms with Crippen molar-refractivity contribution in [3.05, 3.63) is 17.1 Å². The number of anilines is 1. The van der Waals surface area contributed by atoms with E-state index < -0.39 is 0 Å². The maximum atomic E-state index is 11.8. The van der Waals surface area contributed by atoms with Gasteiger partial charge in [0.2, 0.25) is 5.91 Å². The van der Waals surface area contributed by atoms with Crippen LogP contribution in [0.2, 0.25) is 0 Å². The van der Waals surface area contributed by atoms with Gasteiger partial charge in [0.15, 0.2) is 0 Å². The van der Waals surface area contributed by atoms with Crippen LogP contribution in [0.4, 0.5) is 5.82 Å². The van der Waals surface area contributed by atoms with Crippen LogP contribution in [0.25, 0.3) is 0 Å². The Morgan fingerprint density at radius 3 is 2.84 bits per heavy atom. The molecule has 19 heavy (non-hydrogen) atoms. The third-order valence-corrected chi connectivity index (χ3v) is 4.35. The van der Waals surface area contributed by atoms with Gasteiger partial charge in [-0.05, 0) is 26.3 Å². The Morgan fingerprint density at radius 1 is 1.37 bits per heavy atom. The van der Waals surface area contributed by atoms with Gasteiger partial charge in [0.25, 0.3) is 0 Å². The Balaban J connectivity index is 2.05. The largest absolute Gasteiger partial charge is 0.316 e. The Labute approximate surface area is 113 Å². The van der Waals surface area contributed by atoms with Gasteiger partial charge in [0.05, 0.1) is 6.42 Å². The van der Waals surface area contributed by atoms with E-state index in [1.54, 1.807) is 11.9 Å². The molecule has 1 aromatic heterocycles. The third-order valence-electron chi connectivity index (χ3n) is 4.35. The van der Waals surface area contributed by atoms with E-state index in [4.69, 9.17) is 4.98 Å². The van der Waals surface area contributed by atoms with Crippen LogP contribution < -0.4 is 10.2 Å². The first-order valence-electron chi connectivity index (χ1n) is 6.86. The first-order valence-corrected chi connectivity index (χ1v) is 6.86. The molecule has 102 valence electrons. The molecule has 0 radical (unpaired) electrons. The molecule has 2 aliphatic heterocycles. The summed E-state index contributed by atoms with van der Waals surface area (Å²) in [6, 6.07) is 0. The van der Waals surface area contributed by atoms with Crippen LogP contribution in [0.5, 0.6) is 0 Å². The van der Waals surface area contributed by atoms with E-state index in [1.807, 2.05) is 6.92 Å². The van der Waals surface area contributed by atoms with Crippen molar-refractivity contribution < 1.29 is 4.79 Å². The highest BCUT2D eigenvalue weighted by Gasteiger charge is 2.35. The molecule has 0 bridgehead atoms. The normalized spacial score (nSPS) is 26.7. The lowest BCUT2D eigenvalue weighted by molar-refractivity contribution is -0.117. The predicted molar refractivity (Wildman–Crippen MR) is 73.3 cm³/mol. The van der Waals surface area contributed by atoms with Gasteiger partial charge < -0.3 is 5.32 Å². The number of carbonyl (C=O) groups is 1. The Hall–Kier alpha value is -1.49. The summed E-state index contributed by atoms with van der Waals surface area (Å²) in [6.07, 6.45) is 2.67. The van der Waals surface area contributed by atoms with Crippen LogP contribution in [0, 0.1) is 6.92 Å². The number of likely N-dealkylation sites (N-methyl/N-ethyl adjacent to an activating group) is 1. The number of hydrogen-bond donors (Lipinski definition) is 1. The highest BCUT2D eigenvalue weighted by atomic mass is 16.2. The molecule has 1 N–H and O–H groups in total. The van der Waals surface area contributed by atoms with Crippen LogP contribution in [0.15, 0.2) is 0 Å². The Kier molecular flexibility index (Phi) is 2.82. The molecule has 1 aromatic rings. The number of amides is 1. The van der Waals surface area contributed by atoms with Gasteiger partial charge >= 0.3 is 0 Å². The summed E-state index contributed by atoms with van der Waals surface area (Å²) >= 11 is 0. The van der Waals surface area contributed by atoms with Crippen molar-refractivity contribution in [2.75, 3.05) is 25.0 Å².